The molecule has 0 fully saturated rings. The Morgan fingerprint density at radius 2 is 2.33 bits per heavy atom. The number of nitrogens with one attached hydrogen (secondary N) is 2. The van der Waals surface area contributed by atoms with Crippen LogP contribution in [0.1, 0.15) is 26.1 Å². The van der Waals surface area contributed by atoms with Crippen LogP contribution >= 0.6 is 11.8 Å². The van der Waals surface area contributed by atoms with Gasteiger partial charge < -0.3 is 5.32 Å². The molecule has 1 amide bonds. The SMILES string of the molecule is Cc1nc(SCCC(=O)NC(C)C)n[nH]1. The van der Waals surface area contributed by atoms with E-state index in [1.54, 1.807) is 0 Å². The highest BCUT2D eigenvalue weighted by atomic mass is 32.2. The molecule has 0 bridgehead atoms. The Morgan fingerprint density at radius 1 is 1.60 bits per heavy atom. The molecule has 5 nitrogen and oxygen atoms in total. The van der Waals surface area contributed by atoms with Crippen LogP contribution in [-0.2, 0) is 4.79 Å². The summed E-state index contributed by atoms with van der Waals surface area (Å²) in [7, 11) is 0. The normalized spacial score (nSPS) is 10.7. The second kappa shape index (κ2) is 5.75. The maximum atomic E-state index is 11.3. The van der Waals surface area contributed by atoms with Crippen LogP contribution in [0, 0.1) is 6.92 Å². The summed E-state index contributed by atoms with van der Waals surface area (Å²) in [6.45, 7) is 5.75. The van der Waals surface area contributed by atoms with Gasteiger partial charge in [0.2, 0.25) is 11.1 Å². The lowest BCUT2D eigenvalue weighted by Gasteiger charge is -2.06. The molecule has 0 saturated carbocycles. The summed E-state index contributed by atoms with van der Waals surface area (Å²) in [5.41, 5.74) is 0. The number of H-pyrrole nitrogens is 1. The molecule has 0 aliphatic heterocycles. The summed E-state index contributed by atoms with van der Waals surface area (Å²) in [6, 6.07) is 0.202. The van der Waals surface area contributed by atoms with Crippen LogP contribution in [0.25, 0.3) is 0 Å². The molecule has 0 aliphatic rings. The van der Waals surface area contributed by atoms with Crippen molar-refractivity contribution in [3.8, 4) is 0 Å². The highest BCUT2D eigenvalue weighted by Gasteiger charge is 2.05. The first-order valence-corrected chi connectivity index (χ1v) is 5.87. The first-order valence-electron chi connectivity index (χ1n) is 4.89. The molecule has 84 valence electrons. The molecule has 15 heavy (non-hydrogen) atoms. The van der Waals surface area contributed by atoms with E-state index in [0.29, 0.717) is 17.3 Å². The highest BCUT2D eigenvalue weighted by molar-refractivity contribution is 7.99. The standard InChI is InChI=1S/C9H16N4OS/c1-6(2)10-8(14)4-5-15-9-11-7(3)12-13-9/h6H,4-5H2,1-3H3,(H,10,14)(H,11,12,13). The van der Waals surface area contributed by atoms with Crippen LogP contribution in [0.15, 0.2) is 5.16 Å². The third-order valence-electron chi connectivity index (χ3n) is 1.59. The van der Waals surface area contributed by atoms with E-state index in [0.717, 1.165) is 5.82 Å². The fraction of sp³-hybridized carbons (Fsp3) is 0.667. The van der Waals surface area contributed by atoms with Crippen molar-refractivity contribution in [3.05, 3.63) is 5.82 Å². The first-order chi connectivity index (χ1) is 7.08. The third-order valence-corrected chi connectivity index (χ3v) is 2.44. The number of aromatic nitrogens is 3. The maximum absolute atomic E-state index is 11.3. The van der Waals surface area contributed by atoms with Crippen molar-refractivity contribution < 1.29 is 4.79 Å². The Bertz CT molecular complexity index is 324. The van der Waals surface area contributed by atoms with E-state index in [4.69, 9.17) is 0 Å². The molecule has 0 spiro atoms. The van der Waals surface area contributed by atoms with Crippen molar-refractivity contribution in [1.82, 2.24) is 20.5 Å². The average Bonchev–Trinajstić information content (AvgIpc) is 2.50. The number of nitrogens with zero attached hydrogens (tertiary/aromatic N) is 2. The van der Waals surface area contributed by atoms with Gasteiger partial charge in [0.25, 0.3) is 0 Å². The van der Waals surface area contributed by atoms with Crippen LogP contribution in [-0.4, -0.2) is 32.9 Å². The molecular formula is C9H16N4OS. The van der Waals surface area contributed by atoms with E-state index in [-0.39, 0.29) is 11.9 Å². The van der Waals surface area contributed by atoms with E-state index < -0.39 is 0 Å². The molecule has 2 N–H and O–H groups in total. The predicted octanol–water partition coefficient (Wildman–Crippen LogP) is 1.12. The monoisotopic (exact) mass is 228 g/mol. The Hall–Kier alpha value is -1.04. The Kier molecular flexibility index (Phi) is 4.61. The molecule has 0 saturated heterocycles. The average molecular weight is 228 g/mol. The first kappa shape index (κ1) is 12.0. The van der Waals surface area contributed by atoms with Gasteiger partial charge in [-0.05, 0) is 20.8 Å². The van der Waals surface area contributed by atoms with Gasteiger partial charge in [0.05, 0.1) is 0 Å². The van der Waals surface area contributed by atoms with Crippen molar-refractivity contribution in [2.75, 3.05) is 5.75 Å². The number of aromatic amines is 1. The smallest absolute Gasteiger partial charge is 0.221 e. The third kappa shape index (κ3) is 4.83. The minimum Gasteiger partial charge on any atom is -0.354 e. The molecule has 1 aromatic heterocycles. The van der Waals surface area contributed by atoms with Gasteiger partial charge in [-0.2, -0.15) is 0 Å². The fourth-order valence-electron chi connectivity index (χ4n) is 1.02. The van der Waals surface area contributed by atoms with Crippen molar-refractivity contribution in [2.24, 2.45) is 0 Å². The molecule has 0 atom stereocenters. The zero-order valence-electron chi connectivity index (χ0n) is 9.20. The number of carbonyl (C=O) groups excluding carboxylic acids is 1. The molecule has 6 heteroatoms. The number of hydrogen-bond acceptors (Lipinski definition) is 4. The second-order valence-corrected chi connectivity index (χ2v) is 4.59. The summed E-state index contributed by atoms with van der Waals surface area (Å²) in [5.74, 6) is 1.57. The number of rotatable bonds is 5. The van der Waals surface area contributed by atoms with Crippen LogP contribution in [0.5, 0.6) is 0 Å². The van der Waals surface area contributed by atoms with Gasteiger partial charge in [-0.15, -0.1) is 5.10 Å². The predicted molar refractivity (Wildman–Crippen MR) is 59.7 cm³/mol. The molecule has 0 radical (unpaired) electrons. The van der Waals surface area contributed by atoms with Crippen molar-refractivity contribution >= 4 is 17.7 Å². The van der Waals surface area contributed by atoms with Crippen LogP contribution in [0.2, 0.25) is 0 Å². The molecule has 0 aromatic carbocycles. The molecular weight excluding hydrogens is 212 g/mol. The number of amides is 1. The van der Waals surface area contributed by atoms with E-state index in [1.807, 2.05) is 20.8 Å². The topological polar surface area (TPSA) is 70.7 Å². The minimum atomic E-state index is 0.0738. The van der Waals surface area contributed by atoms with Gasteiger partial charge >= 0.3 is 0 Å². The van der Waals surface area contributed by atoms with Crippen LogP contribution < -0.4 is 5.32 Å². The Morgan fingerprint density at radius 3 is 2.87 bits per heavy atom. The highest BCUT2D eigenvalue weighted by Crippen LogP contribution is 2.12. The van der Waals surface area contributed by atoms with Gasteiger partial charge in [0.15, 0.2) is 0 Å². The number of hydrogen-bond donors (Lipinski definition) is 2. The lowest BCUT2D eigenvalue weighted by molar-refractivity contribution is -0.121. The lowest BCUT2D eigenvalue weighted by atomic mass is 10.3. The van der Waals surface area contributed by atoms with Gasteiger partial charge in [-0.3, -0.25) is 9.89 Å². The molecule has 1 heterocycles. The summed E-state index contributed by atoms with van der Waals surface area (Å²) >= 11 is 1.48. The quantitative estimate of drug-likeness (QED) is 0.741. The largest absolute Gasteiger partial charge is 0.354 e. The number of carbonyl (C=O) groups is 1. The summed E-state index contributed by atoms with van der Waals surface area (Å²) in [4.78, 5) is 15.4. The van der Waals surface area contributed by atoms with E-state index >= 15 is 0 Å². The lowest BCUT2D eigenvalue weighted by Crippen LogP contribution is -2.30. The zero-order valence-corrected chi connectivity index (χ0v) is 10.0. The van der Waals surface area contributed by atoms with E-state index in [1.165, 1.54) is 11.8 Å². The summed E-state index contributed by atoms with van der Waals surface area (Å²) in [5, 5.41) is 10.3. The van der Waals surface area contributed by atoms with E-state index in [2.05, 4.69) is 20.5 Å². The van der Waals surface area contributed by atoms with Crippen LogP contribution in [0.3, 0.4) is 0 Å². The molecule has 1 aromatic rings. The van der Waals surface area contributed by atoms with E-state index in [9.17, 15) is 4.79 Å². The maximum Gasteiger partial charge on any atom is 0.221 e. The van der Waals surface area contributed by atoms with Crippen molar-refractivity contribution in [3.63, 3.8) is 0 Å². The molecule has 1 rings (SSSR count). The zero-order chi connectivity index (χ0) is 11.3. The van der Waals surface area contributed by atoms with Crippen molar-refractivity contribution in [1.29, 1.82) is 0 Å². The molecule has 0 aliphatic carbocycles. The Labute approximate surface area is 93.4 Å². The second-order valence-electron chi connectivity index (χ2n) is 3.52. The van der Waals surface area contributed by atoms with Gasteiger partial charge in [0, 0.05) is 18.2 Å². The fourth-order valence-corrected chi connectivity index (χ4v) is 1.80. The van der Waals surface area contributed by atoms with Gasteiger partial charge in [-0.25, -0.2) is 4.98 Å². The number of thioether (sulfide) groups is 1. The summed E-state index contributed by atoms with van der Waals surface area (Å²) in [6.07, 6.45) is 0.496. The van der Waals surface area contributed by atoms with Crippen molar-refractivity contribution in [2.45, 2.75) is 38.4 Å². The number of aryl methyl sites for hydroxylation is 1. The van der Waals surface area contributed by atoms with Gasteiger partial charge in [-0.1, -0.05) is 11.8 Å². The molecule has 0 unspecified atom stereocenters. The van der Waals surface area contributed by atoms with Gasteiger partial charge in [0.1, 0.15) is 5.82 Å². The summed E-state index contributed by atoms with van der Waals surface area (Å²) < 4.78 is 0. The Balaban J connectivity index is 2.19. The van der Waals surface area contributed by atoms with Crippen LogP contribution in [0.4, 0.5) is 0 Å². The minimum absolute atomic E-state index is 0.0738.